The summed E-state index contributed by atoms with van der Waals surface area (Å²) in [5.74, 6) is 0.120. The molecule has 0 aliphatic carbocycles. The van der Waals surface area contributed by atoms with E-state index in [0.717, 1.165) is 32.4 Å². The summed E-state index contributed by atoms with van der Waals surface area (Å²) in [6.07, 6.45) is 3.29. The van der Waals surface area contributed by atoms with E-state index in [1.165, 1.54) is 0 Å². The highest BCUT2D eigenvalue weighted by Crippen LogP contribution is 2.23. The van der Waals surface area contributed by atoms with Crippen LogP contribution < -0.4 is 15.4 Å². The lowest BCUT2D eigenvalue weighted by Gasteiger charge is -2.17. The molecule has 0 bridgehead atoms. The largest absolute Gasteiger partial charge is 0.350 e. The Labute approximate surface area is 148 Å². The van der Waals surface area contributed by atoms with Gasteiger partial charge in [-0.25, -0.2) is 8.42 Å². The van der Waals surface area contributed by atoms with E-state index in [1.54, 1.807) is 24.3 Å². The average Bonchev–Trinajstić information content (AvgIpc) is 3.18. The van der Waals surface area contributed by atoms with E-state index in [0.29, 0.717) is 12.0 Å². The summed E-state index contributed by atoms with van der Waals surface area (Å²) in [7, 11) is -3.59. The SMILES string of the molecule is CCCCC(N=C1NS(=O)(=O)c2ccccc21)C(=O)NC1CCNC1. The number of amidine groups is 1. The Morgan fingerprint density at radius 2 is 2.20 bits per heavy atom. The number of unbranched alkanes of at least 4 members (excludes halogenated alkanes) is 1. The molecule has 3 N–H and O–H groups in total. The molecule has 2 aliphatic heterocycles. The summed E-state index contributed by atoms with van der Waals surface area (Å²) >= 11 is 0. The van der Waals surface area contributed by atoms with Crippen molar-refractivity contribution in [1.82, 2.24) is 15.4 Å². The summed E-state index contributed by atoms with van der Waals surface area (Å²) in [6.45, 7) is 3.71. The highest BCUT2D eigenvalue weighted by atomic mass is 32.2. The first kappa shape index (κ1) is 17.9. The minimum absolute atomic E-state index is 0.115. The number of nitrogens with one attached hydrogen (secondary N) is 3. The van der Waals surface area contributed by atoms with Gasteiger partial charge in [-0.15, -0.1) is 0 Å². The molecule has 0 spiro atoms. The molecule has 1 amide bonds. The number of sulfonamides is 1. The minimum atomic E-state index is -3.59. The average molecular weight is 364 g/mol. The van der Waals surface area contributed by atoms with Crippen LogP contribution in [0, 0.1) is 0 Å². The fourth-order valence-corrected chi connectivity index (χ4v) is 4.35. The van der Waals surface area contributed by atoms with Crippen LogP contribution in [0.2, 0.25) is 0 Å². The van der Waals surface area contributed by atoms with Crippen molar-refractivity contribution in [2.24, 2.45) is 4.99 Å². The molecule has 0 aromatic heterocycles. The summed E-state index contributed by atoms with van der Waals surface area (Å²) in [5.41, 5.74) is 0.527. The number of hydrogen-bond acceptors (Lipinski definition) is 5. The molecule has 2 heterocycles. The zero-order chi connectivity index (χ0) is 17.9. The summed E-state index contributed by atoms with van der Waals surface area (Å²) in [4.78, 5) is 17.3. The monoisotopic (exact) mass is 364 g/mol. The summed E-state index contributed by atoms with van der Waals surface area (Å²) in [5, 5.41) is 6.24. The first-order valence-electron chi connectivity index (χ1n) is 8.72. The van der Waals surface area contributed by atoms with Gasteiger partial charge < -0.3 is 10.6 Å². The van der Waals surface area contributed by atoms with Crippen molar-refractivity contribution in [3.63, 3.8) is 0 Å². The predicted octanol–water partition coefficient (Wildman–Crippen LogP) is 0.762. The third kappa shape index (κ3) is 4.01. The van der Waals surface area contributed by atoms with Crippen molar-refractivity contribution in [3.8, 4) is 0 Å². The van der Waals surface area contributed by atoms with Crippen molar-refractivity contribution in [1.29, 1.82) is 0 Å². The molecule has 2 atom stereocenters. The molecule has 0 radical (unpaired) electrons. The van der Waals surface area contributed by atoms with Gasteiger partial charge >= 0.3 is 0 Å². The number of aliphatic imine (C=N–C) groups is 1. The van der Waals surface area contributed by atoms with Gasteiger partial charge in [0.05, 0.1) is 4.90 Å². The number of carbonyl (C=O) groups excluding carboxylic acids is 1. The minimum Gasteiger partial charge on any atom is -0.350 e. The molecule has 3 rings (SSSR count). The van der Waals surface area contributed by atoms with E-state index in [2.05, 4.69) is 27.3 Å². The van der Waals surface area contributed by atoms with Crippen LogP contribution in [0.15, 0.2) is 34.2 Å². The van der Waals surface area contributed by atoms with Crippen molar-refractivity contribution in [2.45, 2.75) is 49.6 Å². The van der Waals surface area contributed by atoms with Gasteiger partial charge in [-0.05, 0) is 31.5 Å². The van der Waals surface area contributed by atoms with Crippen LogP contribution in [0.4, 0.5) is 0 Å². The van der Waals surface area contributed by atoms with Crippen LogP contribution in [0.25, 0.3) is 0 Å². The van der Waals surface area contributed by atoms with Gasteiger partial charge in [-0.2, -0.15) is 0 Å². The van der Waals surface area contributed by atoms with Gasteiger partial charge in [0, 0.05) is 18.2 Å². The van der Waals surface area contributed by atoms with Gasteiger partial charge in [0.25, 0.3) is 10.0 Å². The molecule has 136 valence electrons. The molecule has 7 nitrogen and oxygen atoms in total. The molecule has 25 heavy (non-hydrogen) atoms. The maximum Gasteiger partial charge on any atom is 0.263 e. The molecular weight excluding hydrogens is 340 g/mol. The standard InChI is InChI=1S/C17H24N4O3S/c1-2-3-7-14(17(22)19-12-9-10-18-11-12)20-16-13-6-4-5-8-15(13)25(23,24)21-16/h4-6,8,12,14,18H,2-3,7,9-11H2,1H3,(H,19,22)(H,20,21). The second-order valence-corrected chi connectivity index (χ2v) is 8.09. The number of hydrogen-bond donors (Lipinski definition) is 3. The van der Waals surface area contributed by atoms with Gasteiger partial charge in [0.2, 0.25) is 5.91 Å². The second kappa shape index (κ2) is 7.53. The third-order valence-corrected chi connectivity index (χ3v) is 5.89. The molecule has 2 aliphatic rings. The molecule has 1 fully saturated rings. The van der Waals surface area contributed by atoms with Crippen molar-refractivity contribution in [3.05, 3.63) is 29.8 Å². The number of benzene rings is 1. The van der Waals surface area contributed by atoms with E-state index in [-0.39, 0.29) is 22.7 Å². The number of rotatable bonds is 6. The predicted molar refractivity (Wildman–Crippen MR) is 96.0 cm³/mol. The van der Waals surface area contributed by atoms with Gasteiger partial charge in [-0.3, -0.25) is 14.5 Å². The quantitative estimate of drug-likeness (QED) is 0.694. The van der Waals surface area contributed by atoms with Gasteiger partial charge in [0.15, 0.2) is 0 Å². The third-order valence-electron chi connectivity index (χ3n) is 4.49. The lowest BCUT2D eigenvalue weighted by Crippen LogP contribution is -2.42. The smallest absolute Gasteiger partial charge is 0.263 e. The number of amides is 1. The van der Waals surface area contributed by atoms with Crippen molar-refractivity contribution in [2.75, 3.05) is 13.1 Å². The van der Waals surface area contributed by atoms with Crippen LogP contribution in [-0.4, -0.2) is 45.3 Å². The highest BCUT2D eigenvalue weighted by Gasteiger charge is 2.32. The first-order chi connectivity index (χ1) is 12.0. The zero-order valence-electron chi connectivity index (χ0n) is 14.3. The highest BCUT2D eigenvalue weighted by molar-refractivity contribution is 7.90. The molecule has 1 saturated heterocycles. The van der Waals surface area contributed by atoms with E-state index < -0.39 is 16.1 Å². The molecule has 8 heteroatoms. The van der Waals surface area contributed by atoms with E-state index in [1.807, 2.05) is 0 Å². The lowest BCUT2D eigenvalue weighted by molar-refractivity contribution is -0.123. The number of carbonyl (C=O) groups is 1. The van der Waals surface area contributed by atoms with E-state index >= 15 is 0 Å². The Morgan fingerprint density at radius 3 is 2.92 bits per heavy atom. The number of nitrogens with zero attached hydrogens (tertiary/aromatic N) is 1. The normalized spacial score (nSPS) is 23.9. The molecule has 1 aromatic rings. The van der Waals surface area contributed by atoms with Crippen LogP contribution >= 0.6 is 0 Å². The molecular formula is C17H24N4O3S. The van der Waals surface area contributed by atoms with Crippen LogP contribution in [0.1, 0.15) is 38.2 Å². The lowest BCUT2D eigenvalue weighted by atomic mass is 10.1. The first-order valence-corrected chi connectivity index (χ1v) is 10.2. The van der Waals surface area contributed by atoms with Crippen molar-refractivity contribution >= 4 is 21.8 Å². The fourth-order valence-electron chi connectivity index (χ4n) is 3.11. The van der Waals surface area contributed by atoms with Gasteiger partial charge in [0.1, 0.15) is 11.9 Å². The Balaban J connectivity index is 1.84. The molecule has 1 aromatic carbocycles. The van der Waals surface area contributed by atoms with Crippen molar-refractivity contribution < 1.29 is 13.2 Å². The van der Waals surface area contributed by atoms with E-state index in [4.69, 9.17) is 0 Å². The second-order valence-electron chi connectivity index (χ2n) is 6.44. The number of fused-ring (bicyclic) bond motifs is 1. The topological polar surface area (TPSA) is 99.7 Å². The van der Waals surface area contributed by atoms with Crippen LogP contribution in [-0.2, 0) is 14.8 Å². The molecule has 2 unspecified atom stereocenters. The van der Waals surface area contributed by atoms with E-state index in [9.17, 15) is 13.2 Å². The van der Waals surface area contributed by atoms with Gasteiger partial charge in [-0.1, -0.05) is 31.9 Å². The maximum absolute atomic E-state index is 12.6. The Bertz CT molecular complexity index is 770. The Kier molecular flexibility index (Phi) is 5.39. The Hall–Kier alpha value is -1.93. The fraction of sp³-hybridized carbons (Fsp3) is 0.529. The van der Waals surface area contributed by atoms with Crippen LogP contribution in [0.3, 0.4) is 0 Å². The summed E-state index contributed by atoms with van der Waals surface area (Å²) < 4.78 is 26.9. The zero-order valence-corrected chi connectivity index (χ0v) is 15.1. The maximum atomic E-state index is 12.6. The summed E-state index contributed by atoms with van der Waals surface area (Å²) in [6, 6.07) is 6.22. The Morgan fingerprint density at radius 1 is 1.40 bits per heavy atom. The molecule has 0 saturated carbocycles. The van der Waals surface area contributed by atoms with Crippen LogP contribution in [0.5, 0.6) is 0 Å².